The predicted octanol–water partition coefficient (Wildman–Crippen LogP) is 0.494. The van der Waals surface area contributed by atoms with Crippen LogP contribution in [0.4, 0.5) is 16.4 Å². The SMILES string of the molecule is COc1cc(OC)nc(NC(=O)OC(=O)c2cccc(N)c2C=S(=O)=O)n1. The Kier molecular flexibility index (Phi) is 6.27. The zero-order chi connectivity index (χ0) is 20.0. The largest absolute Gasteiger partial charge is 0.481 e. The normalized spacial score (nSPS) is 9.85. The average Bonchev–Trinajstić information content (AvgIpc) is 2.62. The summed E-state index contributed by atoms with van der Waals surface area (Å²) in [5.74, 6) is -1.14. The molecule has 142 valence electrons. The van der Waals surface area contributed by atoms with Crippen LogP contribution in [0.3, 0.4) is 0 Å². The van der Waals surface area contributed by atoms with Crippen molar-refractivity contribution in [2.24, 2.45) is 0 Å². The van der Waals surface area contributed by atoms with Gasteiger partial charge in [-0.1, -0.05) is 6.07 Å². The number of anilines is 2. The van der Waals surface area contributed by atoms with Gasteiger partial charge in [-0.15, -0.1) is 0 Å². The number of nitrogens with zero attached hydrogens (tertiary/aromatic N) is 2. The number of esters is 1. The number of hydrogen-bond acceptors (Lipinski definition) is 10. The summed E-state index contributed by atoms with van der Waals surface area (Å²) >= 11 is 0. The van der Waals surface area contributed by atoms with E-state index >= 15 is 0 Å². The van der Waals surface area contributed by atoms with E-state index in [0.29, 0.717) is 0 Å². The monoisotopic (exact) mass is 394 g/mol. The number of methoxy groups -OCH3 is 2. The molecule has 12 heteroatoms. The van der Waals surface area contributed by atoms with Gasteiger partial charge in [-0.05, 0) is 12.1 Å². The van der Waals surface area contributed by atoms with Crippen LogP contribution in [0.1, 0.15) is 15.9 Å². The Balaban J connectivity index is 2.21. The second-order valence-electron chi connectivity index (χ2n) is 4.77. The first kappa shape index (κ1) is 19.7. The van der Waals surface area contributed by atoms with Gasteiger partial charge in [0.25, 0.3) is 0 Å². The first-order chi connectivity index (χ1) is 12.8. The molecule has 0 saturated carbocycles. The molecule has 11 nitrogen and oxygen atoms in total. The molecule has 1 amide bonds. The molecule has 2 aromatic rings. The summed E-state index contributed by atoms with van der Waals surface area (Å²) in [5, 5.41) is 2.88. The minimum atomic E-state index is -2.62. The van der Waals surface area contributed by atoms with Crippen LogP contribution in [0, 0.1) is 0 Å². The molecule has 0 fully saturated rings. The molecule has 0 radical (unpaired) electrons. The number of aromatic nitrogens is 2. The lowest BCUT2D eigenvalue weighted by atomic mass is 10.1. The Morgan fingerprint density at radius 1 is 1.15 bits per heavy atom. The number of hydrogen-bond donors (Lipinski definition) is 2. The van der Waals surface area contributed by atoms with E-state index in [1.807, 2.05) is 0 Å². The molecule has 0 saturated heterocycles. The maximum Gasteiger partial charge on any atom is 0.422 e. The van der Waals surface area contributed by atoms with Crippen molar-refractivity contribution in [3.05, 3.63) is 35.4 Å². The first-order valence-corrected chi connectivity index (χ1v) is 8.29. The Morgan fingerprint density at radius 3 is 2.33 bits per heavy atom. The molecular formula is C15H14N4O7S. The van der Waals surface area contributed by atoms with Gasteiger partial charge < -0.3 is 19.9 Å². The van der Waals surface area contributed by atoms with Crippen LogP contribution < -0.4 is 20.5 Å². The quantitative estimate of drug-likeness (QED) is 0.316. The molecule has 3 N–H and O–H groups in total. The summed E-state index contributed by atoms with van der Waals surface area (Å²) in [6.45, 7) is 0. The molecule has 1 aromatic heterocycles. The van der Waals surface area contributed by atoms with Gasteiger partial charge in [0.2, 0.25) is 28.0 Å². The third-order valence-electron chi connectivity index (χ3n) is 3.07. The summed E-state index contributed by atoms with van der Waals surface area (Å²) in [7, 11) is 0.0883. The van der Waals surface area contributed by atoms with Crippen LogP contribution in [0.15, 0.2) is 24.3 Å². The molecule has 0 spiro atoms. The van der Waals surface area contributed by atoms with E-state index < -0.39 is 22.4 Å². The highest BCUT2D eigenvalue weighted by atomic mass is 32.2. The smallest absolute Gasteiger partial charge is 0.422 e. The maximum atomic E-state index is 12.2. The second-order valence-corrected chi connectivity index (χ2v) is 5.52. The Morgan fingerprint density at radius 2 is 1.78 bits per heavy atom. The van der Waals surface area contributed by atoms with Crippen LogP contribution in [-0.4, -0.2) is 50.0 Å². The summed E-state index contributed by atoms with van der Waals surface area (Å²) in [5.41, 5.74) is 5.38. The van der Waals surface area contributed by atoms with Crippen LogP contribution in [0.5, 0.6) is 11.8 Å². The lowest BCUT2D eigenvalue weighted by Gasteiger charge is -2.09. The zero-order valence-corrected chi connectivity index (χ0v) is 14.9. The fraction of sp³-hybridized carbons (Fsp3) is 0.133. The van der Waals surface area contributed by atoms with Crippen LogP contribution >= 0.6 is 0 Å². The van der Waals surface area contributed by atoms with E-state index in [4.69, 9.17) is 15.2 Å². The van der Waals surface area contributed by atoms with Crippen molar-refractivity contribution < 1.29 is 32.2 Å². The standard InChI is InChI=1S/C15H14N4O7S/c1-24-11-6-12(25-2)18-14(17-11)19-15(21)26-13(20)8-4-3-5-10(16)9(8)7-27(22)23/h3-7H,16H2,1-2H3,(H,17,18,19,21). The van der Waals surface area contributed by atoms with Crippen molar-refractivity contribution in [2.45, 2.75) is 0 Å². The molecule has 2 rings (SSSR count). The number of benzene rings is 1. The topological polar surface area (TPSA) is 160 Å². The van der Waals surface area contributed by atoms with E-state index in [-0.39, 0.29) is 34.5 Å². The van der Waals surface area contributed by atoms with Gasteiger partial charge in [0.05, 0.1) is 31.2 Å². The van der Waals surface area contributed by atoms with Crippen LogP contribution in [0.2, 0.25) is 0 Å². The van der Waals surface area contributed by atoms with Gasteiger partial charge in [0.15, 0.2) is 0 Å². The van der Waals surface area contributed by atoms with Crippen molar-refractivity contribution in [3.8, 4) is 11.8 Å². The number of amides is 1. The Hall–Kier alpha value is -3.67. The predicted molar refractivity (Wildman–Crippen MR) is 94.5 cm³/mol. The highest BCUT2D eigenvalue weighted by Crippen LogP contribution is 2.18. The Bertz CT molecular complexity index is 991. The van der Waals surface area contributed by atoms with E-state index in [0.717, 1.165) is 5.37 Å². The highest BCUT2D eigenvalue weighted by molar-refractivity contribution is 7.71. The second kappa shape index (κ2) is 8.62. The summed E-state index contributed by atoms with van der Waals surface area (Å²) in [6.07, 6.45) is -1.20. The van der Waals surface area contributed by atoms with Gasteiger partial charge in [-0.25, -0.2) is 9.59 Å². The molecule has 0 aliphatic rings. The highest BCUT2D eigenvalue weighted by Gasteiger charge is 2.19. The van der Waals surface area contributed by atoms with E-state index in [1.165, 1.54) is 38.5 Å². The van der Waals surface area contributed by atoms with Crippen LogP contribution in [0.25, 0.3) is 0 Å². The first-order valence-electron chi connectivity index (χ1n) is 7.15. The number of nitrogens with two attached hydrogens (primary N) is 1. The third-order valence-corrected chi connectivity index (χ3v) is 3.50. The number of carbonyl (C=O) groups is 2. The maximum absolute atomic E-state index is 12.2. The van der Waals surface area contributed by atoms with Crippen molar-refractivity contribution in [2.75, 3.05) is 25.3 Å². The number of nitrogens with one attached hydrogen (secondary N) is 1. The molecule has 0 aliphatic heterocycles. The fourth-order valence-electron chi connectivity index (χ4n) is 1.91. The number of ether oxygens (including phenoxy) is 3. The van der Waals surface area contributed by atoms with Crippen molar-refractivity contribution in [3.63, 3.8) is 0 Å². The van der Waals surface area contributed by atoms with Crippen LogP contribution in [-0.2, 0) is 15.0 Å². The lowest BCUT2D eigenvalue weighted by molar-refractivity contribution is 0.0645. The Labute approximate surface area is 154 Å². The average molecular weight is 394 g/mol. The fourth-order valence-corrected chi connectivity index (χ4v) is 2.37. The molecule has 1 aromatic carbocycles. The molecule has 0 unspecified atom stereocenters. The van der Waals surface area contributed by atoms with E-state index in [2.05, 4.69) is 20.0 Å². The van der Waals surface area contributed by atoms with Gasteiger partial charge in [0.1, 0.15) is 0 Å². The zero-order valence-electron chi connectivity index (χ0n) is 14.1. The minimum Gasteiger partial charge on any atom is -0.481 e. The van der Waals surface area contributed by atoms with Gasteiger partial charge in [0, 0.05) is 11.3 Å². The number of nitrogen functional groups attached to an aromatic ring is 1. The molecule has 0 atom stereocenters. The minimum absolute atomic E-state index is 0.0231. The van der Waals surface area contributed by atoms with E-state index in [1.54, 1.807) is 0 Å². The number of carbonyl (C=O) groups excluding carboxylic acids is 2. The number of rotatable bonds is 5. The van der Waals surface area contributed by atoms with E-state index in [9.17, 15) is 18.0 Å². The molecule has 0 aliphatic carbocycles. The summed E-state index contributed by atoms with van der Waals surface area (Å²) in [6, 6.07) is 5.44. The lowest BCUT2D eigenvalue weighted by Crippen LogP contribution is -2.21. The van der Waals surface area contributed by atoms with Gasteiger partial charge >= 0.3 is 12.1 Å². The van der Waals surface area contributed by atoms with Crippen molar-refractivity contribution in [1.82, 2.24) is 9.97 Å². The summed E-state index contributed by atoms with van der Waals surface area (Å²) in [4.78, 5) is 31.8. The van der Waals surface area contributed by atoms with Crippen molar-refractivity contribution in [1.29, 1.82) is 0 Å². The molecule has 1 heterocycles. The molecular weight excluding hydrogens is 380 g/mol. The third kappa shape index (κ3) is 5.15. The van der Waals surface area contributed by atoms with Gasteiger partial charge in [-0.3, -0.25) is 5.32 Å². The molecule has 0 bridgehead atoms. The van der Waals surface area contributed by atoms with Crippen molar-refractivity contribution >= 4 is 39.4 Å². The summed E-state index contributed by atoms with van der Waals surface area (Å²) < 4.78 is 36.3. The molecule has 27 heavy (non-hydrogen) atoms. The van der Waals surface area contributed by atoms with Gasteiger partial charge in [-0.2, -0.15) is 18.4 Å².